The number of hydrogen-bond acceptors (Lipinski definition) is 4. The molecule has 0 radical (unpaired) electrons. The zero-order chi connectivity index (χ0) is 21.8. The van der Waals surface area contributed by atoms with Crippen LogP contribution in [0.5, 0.6) is 0 Å². The molecule has 1 amide bonds. The molecule has 0 saturated heterocycles. The van der Waals surface area contributed by atoms with E-state index in [1.54, 1.807) is 30.0 Å². The molecule has 30 heavy (non-hydrogen) atoms. The van der Waals surface area contributed by atoms with Crippen LogP contribution < -0.4 is 5.32 Å². The van der Waals surface area contributed by atoms with Crippen molar-refractivity contribution in [2.24, 2.45) is 13.0 Å². The van der Waals surface area contributed by atoms with Crippen molar-refractivity contribution >= 4 is 56.8 Å². The average molecular weight is 528 g/mol. The lowest BCUT2D eigenvalue weighted by atomic mass is 10.0. The van der Waals surface area contributed by atoms with E-state index in [9.17, 15) is 4.79 Å². The van der Waals surface area contributed by atoms with Crippen molar-refractivity contribution in [2.45, 2.75) is 30.8 Å². The van der Waals surface area contributed by atoms with Crippen molar-refractivity contribution in [1.82, 2.24) is 20.1 Å². The standard InChI is InChI=1S/C21H21BrCl2N4OS/c1-12(2)18(25-20(29)14-6-9-16(23)17(24)10-14)19-26-27-21(28(19)3)30-11-13-4-7-15(22)8-5-13/h4-10,12,18H,11H2,1-3H3,(H,25,29)/t18-/m1/s1. The third-order valence-corrected chi connectivity index (χ3v) is 6.92. The van der Waals surface area contributed by atoms with Gasteiger partial charge in [0, 0.05) is 22.8 Å². The molecular weight excluding hydrogens is 507 g/mol. The zero-order valence-corrected chi connectivity index (χ0v) is 20.6. The first-order valence-electron chi connectivity index (χ1n) is 9.28. The molecule has 5 nitrogen and oxygen atoms in total. The SMILES string of the molecule is CC(C)[C@@H](NC(=O)c1ccc(Cl)c(Cl)c1)c1nnc(SCc2ccc(Br)cc2)n1C. The number of amides is 1. The van der Waals surface area contributed by atoms with Gasteiger partial charge in [0.2, 0.25) is 0 Å². The predicted molar refractivity (Wildman–Crippen MR) is 126 cm³/mol. The van der Waals surface area contributed by atoms with E-state index in [0.717, 1.165) is 15.4 Å². The fourth-order valence-corrected chi connectivity index (χ4v) is 4.28. The zero-order valence-electron chi connectivity index (χ0n) is 16.7. The van der Waals surface area contributed by atoms with Gasteiger partial charge in [-0.25, -0.2) is 0 Å². The monoisotopic (exact) mass is 526 g/mol. The Bertz CT molecular complexity index is 1040. The summed E-state index contributed by atoms with van der Waals surface area (Å²) >= 11 is 17.1. The number of aromatic nitrogens is 3. The normalized spacial score (nSPS) is 12.2. The van der Waals surface area contributed by atoms with Crippen molar-refractivity contribution in [3.8, 4) is 0 Å². The van der Waals surface area contributed by atoms with Crippen molar-refractivity contribution in [3.05, 3.63) is 73.9 Å². The van der Waals surface area contributed by atoms with Crippen molar-refractivity contribution in [3.63, 3.8) is 0 Å². The van der Waals surface area contributed by atoms with Gasteiger partial charge in [-0.3, -0.25) is 4.79 Å². The predicted octanol–water partition coefficient (Wildman–Crippen LogP) is 6.30. The van der Waals surface area contributed by atoms with E-state index < -0.39 is 0 Å². The molecule has 0 aliphatic heterocycles. The number of benzene rings is 2. The topological polar surface area (TPSA) is 59.8 Å². The highest BCUT2D eigenvalue weighted by Crippen LogP contribution is 2.27. The van der Waals surface area contributed by atoms with Crippen LogP contribution in [0.4, 0.5) is 0 Å². The molecule has 3 aromatic rings. The Kier molecular flexibility index (Phi) is 7.85. The molecular formula is C21H21BrCl2N4OS. The van der Waals surface area contributed by atoms with Crippen LogP contribution in [0.25, 0.3) is 0 Å². The molecule has 0 unspecified atom stereocenters. The maximum atomic E-state index is 12.8. The Balaban J connectivity index is 1.75. The molecule has 2 aromatic carbocycles. The van der Waals surface area contributed by atoms with Crippen LogP contribution in [0.1, 0.15) is 41.6 Å². The quantitative estimate of drug-likeness (QED) is 0.366. The van der Waals surface area contributed by atoms with Crippen LogP contribution >= 0.6 is 50.9 Å². The van der Waals surface area contributed by atoms with Crippen molar-refractivity contribution in [2.75, 3.05) is 0 Å². The van der Waals surface area contributed by atoms with Gasteiger partial charge in [-0.15, -0.1) is 10.2 Å². The average Bonchev–Trinajstić information content (AvgIpc) is 3.07. The third kappa shape index (κ3) is 5.58. The largest absolute Gasteiger partial charge is 0.342 e. The summed E-state index contributed by atoms with van der Waals surface area (Å²) < 4.78 is 2.98. The lowest BCUT2D eigenvalue weighted by Gasteiger charge is -2.22. The fraction of sp³-hybridized carbons (Fsp3) is 0.286. The maximum absolute atomic E-state index is 12.8. The van der Waals surface area contributed by atoms with Gasteiger partial charge in [0.05, 0.1) is 16.1 Å². The minimum absolute atomic E-state index is 0.115. The van der Waals surface area contributed by atoms with Crippen LogP contribution in [0.3, 0.4) is 0 Å². The Labute approximate surface area is 198 Å². The van der Waals surface area contributed by atoms with E-state index in [0.29, 0.717) is 21.4 Å². The van der Waals surface area contributed by atoms with E-state index in [2.05, 4.69) is 43.6 Å². The minimum Gasteiger partial charge on any atom is -0.342 e. The summed E-state index contributed by atoms with van der Waals surface area (Å²) in [7, 11) is 1.92. The second-order valence-electron chi connectivity index (χ2n) is 7.14. The molecule has 9 heteroatoms. The Morgan fingerprint density at radius 3 is 2.47 bits per heavy atom. The van der Waals surface area contributed by atoms with Gasteiger partial charge in [0.1, 0.15) is 0 Å². The van der Waals surface area contributed by atoms with E-state index in [-0.39, 0.29) is 17.9 Å². The summed E-state index contributed by atoms with van der Waals surface area (Å²) in [5.74, 6) is 1.36. The lowest BCUT2D eigenvalue weighted by molar-refractivity contribution is 0.0922. The molecule has 0 spiro atoms. The lowest BCUT2D eigenvalue weighted by Crippen LogP contribution is -2.33. The number of carbonyl (C=O) groups is 1. The number of nitrogens with zero attached hydrogens (tertiary/aromatic N) is 3. The Morgan fingerprint density at radius 2 is 1.83 bits per heavy atom. The smallest absolute Gasteiger partial charge is 0.251 e. The maximum Gasteiger partial charge on any atom is 0.251 e. The minimum atomic E-state index is -0.300. The number of rotatable bonds is 7. The molecule has 1 N–H and O–H groups in total. The Hall–Kier alpha value is -1.54. The summed E-state index contributed by atoms with van der Waals surface area (Å²) in [6, 6.07) is 12.7. The van der Waals surface area contributed by atoms with Gasteiger partial charge >= 0.3 is 0 Å². The summed E-state index contributed by atoms with van der Waals surface area (Å²) in [5, 5.41) is 13.3. The summed E-state index contributed by atoms with van der Waals surface area (Å²) in [5.41, 5.74) is 1.64. The molecule has 158 valence electrons. The molecule has 0 saturated carbocycles. The molecule has 0 bridgehead atoms. The first kappa shape index (κ1) is 23.1. The molecule has 0 aliphatic carbocycles. The number of halogens is 3. The van der Waals surface area contributed by atoms with Gasteiger partial charge in [-0.2, -0.15) is 0 Å². The second-order valence-corrected chi connectivity index (χ2v) is 9.81. The number of carbonyl (C=O) groups excluding carboxylic acids is 1. The van der Waals surface area contributed by atoms with E-state index in [4.69, 9.17) is 23.2 Å². The van der Waals surface area contributed by atoms with E-state index >= 15 is 0 Å². The van der Waals surface area contributed by atoms with Gasteiger partial charge in [-0.05, 0) is 41.8 Å². The molecule has 0 fully saturated rings. The molecule has 3 rings (SSSR count). The fourth-order valence-electron chi connectivity index (χ4n) is 2.84. The third-order valence-electron chi connectivity index (χ3n) is 4.56. The first-order chi connectivity index (χ1) is 14.3. The number of nitrogens with one attached hydrogen (secondary N) is 1. The molecule has 1 atom stereocenters. The van der Waals surface area contributed by atoms with Crippen molar-refractivity contribution in [1.29, 1.82) is 0 Å². The Morgan fingerprint density at radius 1 is 1.13 bits per heavy atom. The molecule has 1 heterocycles. The van der Waals surface area contributed by atoms with Crippen molar-refractivity contribution < 1.29 is 4.79 Å². The second kappa shape index (κ2) is 10.2. The van der Waals surface area contributed by atoms with Gasteiger partial charge in [-0.1, -0.05) is 76.9 Å². The van der Waals surface area contributed by atoms with Crippen LogP contribution in [0, 0.1) is 5.92 Å². The van der Waals surface area contributed by atoms with Crippen LogP contribution in [-0.2, 0) is 12.8 Å². The highest BCUT2D eigenvalue weighted by molar-refractivity contribution is 9.10. The van der Waals surface area contributed by atoms with Crippen LogP contribution in [-0.4, -0.2) is 20.7 Å². The molecule has 0 aliphatic rings. The highest BCUT2D eigenvalue weighted by Gasteiger charge is 2.25. The molecule has 1 aromatic heterocycles. The number of hydrogen-bond donors (Lipinski definition) is 1. The highest BCUT2D eigenvalue weighted by atomic mass is 79.9. The van der Waals surface area contributed by atoms with Gasteiger partial charge < -0.3 is 9.88 Å². The first-order valence-corrected chi connectivity index (χ1v) is 11.8. The van der Waals surface area contributed by atoms with E-state index in [1.807, 2.05) is 37.6 Å². The van der Waals surface area contributed by atoms with E-state index in [1.165, 1.54) is 5.56 Å². The number of thioether (sulfide) groups is 1. The summed E-state index contributed by atoms with van der Waals surface area (Å²) in [4.78, 5) is 12.8. The van der Waals surface area contributed by atoms with Gasteiger partial charge in [0.25, 0.3) is 5.91 Å². The van der Waals surface area contributed by atoms with Crippen LogP contribution in [0.15, 0.2) is 52.1 Å². The van der Waals surface area contributed by atoms with Gasteiger partial charge in [0.15, 0.2) is 11.0 Å². The summed E-state index contributed by atoms with van der Waals surface area (Å²) in [6.45, 7) is 4.06. The summed E-state index contributed by atoms with van der Waals surface area (Å²) in [6.07, 6.45) is 0. The van der Waals surface area contributed by atoms with Crippen LogP contribution in [0.2, 0.25) is 10.0 Å².